The molecule has 0 aromatic rings. The average molecular weight is 868 g/mol. The van der Waals surface area contributed by atoms with Crippen molar-refractivity contribution in [2.75, 3.05) is 20.2 Å². The molecule has 1 aliphatic heterocycles. The minimum Gasteiger partial charge on any atom is -0.467 e. The predicted octanol–water partition coefficient (Wildman–Crippen LogP) is 12.2. The van der Waals surface area contributed by atoms with Gasteiger partial charge in [-0.05, 0) is 158 Å². The molecule has 1 heterocycles. The number of alkyl carbamates (subject to hydrolysis) is 1. The van der Waals surface area contributed by atoms with Crippen LogP contribution in [0.15, 0.2) is 12.2 Å². The summed E-state index contributed by atoms with van der Waals surface area (Å²) in [6.07, 6.45) is 34.1. The third kappa shape index (κ3) is 13.9. The number of carbonyl (C=O) groups excluding carboxylic acids is 4. The van der Waals surface area contributed by atoms with Gasteiger partial charge in [-0.2, -0.15) is 0 Å². The van der Waals surface area contributed by atoms with Crippen LogP contribution in [0.25, 0.3) is 0 Å². The Morgan fingerprint density at radius 1 is 0.758 bits per heavy atom. The number of nitrogens with one attached hydrogen (secondary N) is 2. The fourth-order valence-electron chi connectivity index (χ4n) is 13.1. The highest BCUT2D eigenvalue weighted by atomic mass is 16.6. The molecule has 2 N–H and O–H groups in total. The molecule has 62 heavy (non-hydrogen) atoms. The van der Waals surface area contributed by atoms with Gasteiger partial charge in [-0.1, -0.05) is 90.7 Å². The zero-order chi connectivity index (χ0) is 44.8. The number of likely N-dealkylation sites (tertiary alicyclic amines) is 1. The standard InChI is InChI=1S/C52H89N3O7/c1-8-9-10-11-12-13-14-15-16-17-18-19-20-21-22-23-34-53-48(58)61-41-30-32-52(6)39(35-41)24-27-42-43-28-25-38(51(43,5)33-31-44(42)52)26-29-46(56)54-40-36-45(47(57)60-7)55(37-40)49(59)62-50(2,3)4/h15-16,38-45H,8-14,17-37H2,1-7H3,(H,53,58)(H,54,56)/b16-15-/t38?,39?,40-,41+,42?,43?,44?,45-,51+,52-/m0/s1. The van der Waals surface area contributed by atoms with E-state index in [1.54, 1.807) is 20.8 Å². The molecule has 10 heteroatoms. The average Bonchev–Trinajstić information content (AvgIpc) is 3.81. The normalized spacial score (nSPS) is 31.8. The molecular formula is C52H89N3O7. The highest BCUT2D eigenvalue weighted by Crippen LogP contribution is 2.68. The molecule has 5 rings (SSSR count). The monoisotopic (exact) mass is 868 g/mol. The summed E-state index contributed by atoms with van der Waals surface area (Å²) in [4.78, 5) is 53.1. The number of ether oxygens (including phenoxy) is 3. The molecule has 1 saturated heterocycles. The number of hydrogen-bond acceptors (Lipinski definition) is 7. The summed E-state index contributed by atoms with van der Waals surface area (Å²) in [5, 5.41) is 6.21. The third-order valence-electron chi connectivity index (χ3n) is 16.5. The molecule has 3 amide bonds. The number of carbonyl (C=O) groups is 4. The van der Waals surface area contributed by atoms with Crippen LogP contribution in [-0.2, 0) is 23.8 Å². The summed E-state index contributed by atoms with van der Waals surface area (Å²) in [7, 11) is 1.32. The van der Waals surface area contributed by atoms with Gasteiger partial charge in [0, 0.05) is 32.0 Å². The summed E-state index contributed by atoms with van der Waals surface area (Å²) >= 11 is 0. The zero-order valence-electron chi connectivity index (χ0n) is 40.4. The van der Waals surface area contributed by atoms with Crippen LogP contribution in [0.3, 0.4) is 0 Å². The third-order valence-corrected chi connectivity index (χ3v) is 16.5. The number of rotatable bonds is 22. The van der Waals surface area contributed by atoms with Crippen molar-refractivity contribution in [3.05, 3.63) is 12.2 Å². The summed E-state index contributed by atoms with van der Waals surface area (Å²) in [5.74, 6) is 2.79. The quantitative estimate of drug-likeness (QED) is 0.0481. The number of nitrogens with zero attached hydrogens (tertiary/aromatic N) is 1. The summed E-state index contributed by atoms with van der Waals surface area (Å²) < 4.78 is 16.6. The van der Waals surface area contributed by atoms with Gasteiger partial charge >= 0.3 is 18.2 Å². The highest BCUT2D eigenvalue weighted by Gasteiger charge is 2.60. The fraction of sp³-hybridized carbons (Fsp3) is 0.885. The van der Waals surface area contributed by atoms with E-state index in [4.69, 9.17) is 14.2 Å². The topological polar surface area (TPSA) is 123 Å². The SMILES string of the molecule is CCCCCCCC/C=C\CCCCCCCCNC(=O)O[C@@H]1CC[C@@]2(C)C(CCC3C2CC[C@]2(C)C(CCC(=O)N[C@H]4C[C@@H](C(=O)OC)N(C(=O)OC(C)(C)C)C4)CCC32)C1. The molecule has 0 radical (unpaired) electrons. The zero-order valence-corrected chi connectivity index (χ0v) is 40.4. The van der Waals surface area contributed by atoms with Crippen LogP contribution in [0.5, 0.6) is 0 Å². The Bertz CT molecular complexity index is 1460. The minimum atomic E-state index is -0.772. The molecule has 10 atom stereocenters. The maximum absolute atomic E-state index is 13.4. The van der Waals surface area contributed by atoms with E-state index >= 15 is 0 Å². The van der Waals surface area contributed by atoms with Crippen molar-refractivity contribution in [2.45, 2.75) is 232 Å². The number of hydrogen-bond donors (Lipinski definition) is 2. The van der Waals surface area contributed by atoms with Gasteiger partial charge < -0.3 is 24.8 Å². The Morgan fingerprint density at radius 3 is 2.08 bits per heavy atom. The van der Waals surface area contributed by atoms with E-state index in [1.807, 2.05) is 0 Å². The van der Waals surface area contributed by atoms with Gasteiger partial charge in [-0.3, -0.25) is 9.69 Å². The van der Waals surface area contributed by atoms with Crippen molar-refractivity contribution in [2.24, 2.45) is 40.4 Å². The van der Waals surface area contributed by atoms with E-state index in [9.17, 15) is 19.2 Å². The van der Waals surface area contributed by atoms with Gasteiger partial charge in [0.2, 0.25) is 5.91 Å². The lowest BCUT2D eigenvalue weighted by molar-refractivity contribution is -0.145. The van der Waals surface area contributed by atoms with Gasteiger partial charge in [-0.25, -0.2) is 14.4 Å². The van der Waals surface area contributed by atoms with Crippen LogP contribution in [0.2, 0.25) is 0 Å². The van der Waals surface area contributed by atoms with Crippen molar-refractivity contribution in [3.63, 3.8) is 0 Å². The van der Waals surface area contributed by atoms with Crippen LogP contribution in [0, 0.1) is 40.4 Å². The van der Waals surface area contributed by atoms with Gasteiger partial charge in [0.1, 0.15) is 17.7 Å². The number of allylic oxidation sites excluding steroid dienone is 2. The van der Waals surface area contributed by atoms with Crippen molar-refractivity contribution in [3.8, 4) is 0 Å². The number of methoxy groups -OCH3 is 1. The Hall–Kier alpha value is -2.78. The summed E-state index contributed by atoms with van der Waals surface area (Å²) in [5.41, 5.74) is -0.134. The van der Waals surface area contributed by atoms with E-state index in [0.717, 1.165) is 50.4 Å². The smallest absolute Gasteiger partial charge is 0.411 e. The van der Waals surface area contributed by atoms with Crippen molar-refractivity contribution >= 4 is 24.1 Å². The summed E-state index contributed by atoms with van der Waals surface area (Å²) in [6, 6.07) is -1.09. The molecule has 354 valence electrons. The van der Waals surface area contributed by atoms with Gasteiger partial charge in [0.05, 0.1) is 7.11 Å². The van der Waals surface area contributed by atoms with E-state index in [-0.39, 0.29) is 36.1 Å². The molecule has 0 aromatic carbocycles. The number of amides is 3. The lowest BCUT2D eigenvalue weighted by atomic mass is 9.44. The lowest BCUT2D eigenvalue weighted by Crippen LogP contribution is -2.54. The highest BCUT2D eigenvalue weighted by molar-refractivity contribution is 5.83. The second-order valence-electron chi connectivity index (χ2n) is 21.9. The van der Waals surface area contributed by atoms with E-state index < -0.39 is 23.7 Å². The molecule has 0 bridgehead atoms. The number of esters is 1. The first-order valence-corrected chi connectivity index (χ1v) is 25.6. The maximum Gasteiger partial charge on any atom is 0.411 e. The molecule has 5 fully saturated rings. The Kier molecular flexibility index (Phi) is 19.4. The molecule has 0 spiro atoms. The van der Waals surface area contributed by atoms with Crippen LogP contribution in [0.1, 0.15) is 208 Å². The Morgan fingerprint density at radius 2 is 1.40 bits per heavy atom. The second kappa shape index (κ2) is 23.9. The predicted molar refractivity (Wildman–Crippen MR) is 247 cm³/mol. The van der Waals surface area contributed by atoms with Crippen molar-refractivity contribution in [1.82, 2.24) is 15.5 Å². The molecule has 5 aliphatic rings. The molecule has 4 saturated carbocycles. The Labute approximate surface area is 376 Å². The van der Waals surface area contributed by atoms with Crippen LogP contribution in [-0.4, -0.2) is 73.0 Å². The van der Waals surface area contributed by atoms with Gasteiger partial charge in [0.15, 0.2) is 0 Å². The van der Waals surface area contributed by atoms with Crippen LogP contribution >= 0.6 is 0 Å². The first kappa shape index (κ1) is 50.2. The second-order valence-corrected chi connectivity index (χ2v) is 21.9. The molecule has 10 nitrogen and oxygen atoms in total. The van der Waals surface area contributed by atoms with Gasteiger partial charge in [-0.15, -0.1) is 0 Å². The van der Waals surface area contributed by atoms with E-state index in [0.29, 0.717) is 42.6 Å². The minimum absolute atomic E-state index is 0.00973. The van der Waals surface area contributed by atoms with E-state index in [1.165, 1.54) is 128 Å². The fourth-order valence-corrected chi connectivity index (χ4v) is 13.1. The first-order valence-electron chi connectivity index (χ1n) is 25.6. The molecule has 4 aliphatic carbocycles. The molecule has 5 unspecified atom stereocenters. The maximum atomic E-state index is 13.4. The summed E-state index contributed by atoms with van der Waals surface area (Å²) in [6.45, 7) is 13.7. The van der Waals surface area contributed by atoms with Gasteiger partial charge in [0.25, 0.3) is 0 Å². The van der Waals surface area contributed by atoms with E-state index in [2.05, 4.69) is 43.6 Å². The largest absolute Gasteiger partial charge is 0.467 e. The van der Waals surface area contributed by atoms with Crippen LogP contribution in [0.4, 0.5) is 9.59 Å². The van der Waals surface area contributed by atoms with Crippen molar-refractivity contribution in [1.29, 1.82) is 0 Å². The van der Waals surface area contributed by atoms with Crippen LogP contribution < -0.4 is 10.6 Å². The van der Waals surface area contributed by atoms with Crippen molar-refractivity contribution < 1.29 is 33.4 Å². The number of fused-ring (bicyclic) bond motifs is 5. The molecular weight excluding hydrogens is 779 g/mol. The number of unbranched alkanes of at least 4 members (excludes halogenated alkanes) is 12. The Balaban J connectivity index is 0.960. The molecule has 0 aromatic heterocycles. The lowest BCUT2D eigenvalue weighted by Gasteiger charge is -2.61. The first-order chi connectivity index (χ1) is 29.7.